The fourth-order valence-electron chi connectivity index (χ4n) is 2.58. The molecule has 0 radical (unpaired) electrons. The first-order chi connectivity index (χ1) is 12.6. The zero-order valence-corrected chi connectivity index (χ0v) is 16.1. The first-order valence-corrected chi connectivity index (χ1v) is 10.0. The molecule has 1 heterocycles. The molecule has 0 aliphatic carbocycles. The molecule has 1 aromatic carbocycles. The van der Waals surface area contributed by atoms with Crippen LogP contribution in [0.2, 0.25) is 0 Å². The Morgan fingerprint density at radius 2 is 2.04 bits per heavy atom. The maximum Gasteiger partial charge on any atom is 0.414 e. The molecular formula is C18H21NO7S. The lowest BCUT2D eigenvalue weighted by Crippen LogP contribution is -2.46. The molecule has 9 heteroatoms. The minimum absolute atomic E-state index is 0.0543. The molecule has 1 amide bonds. The number of benzene rings is 1. The molecule has 1 N–H and O–H groups in total. The van der Waals surface area contributed by atoms with Crippen molar-refractivity contribution in [2.24, 2.45) is 0 Å². The van der Waals surface area contributed by atoms with Gasteiger partial charge in [0, 0.05) is 18.4 Å². The lowest BCUT2D eigenvalue weighted by atomic mass is 10.0. The summed E-state index contributed by atoms with van der Waals surface area (Å²) in [6.07, 6.45) is -0.992. The molecule has 8 nitrogen and oxygen atoms in total. The lowest BCUT2D eigenvalue weighted by molar-refractivity contribution is -0.140. The summed E-state index contributed by atoms with van der Waals surface area (Å²) in [5, 5.41) is 9.34. The van der Waals surface area contributed by atoms with Crippen molar-refractivity contribution >= 4 is 27.6 Å². The summed E-state index contributed by atoms with van der Waals surface area (Å²) in [6, 6.07) is 6.66. The highest BCUT2D eigenvalue weighted by molar-refractivity contribution is 7.92. The average Bonchev–Trinajstić information content (AvgIpc) is 2.94. The highest BCUT2D eigenvalue weighted by atomic mass is 32.2. The standard InChI is InChI=1S/C18H21NO7S/c1-4-5-10-25-14-8-6-13(7-9-14)19-12-15(26-17(19)22)11-18(2,16(20)21)27(3,23)24/h6-9,15H,10-12H2,1-3H3,(H,20,21)/t15-,18?/m0/s1. The summed E-state index contributed by atoms with van der Waals surface area (Å²) < 4.78 is 32.4. The number of carbonyl (C=O) groups excluding carboxylic acids is 1. The number of anilines is 1. The number of amides is 1. The number of carboxylic acids is 1. The van der Waals surface area contributed by atoms with Crippen molar-refractivity contribution in [3.05, 3.63) is 24.3 Å². The molecule has 146 valence electrons. The SMILES string of the molecule is CC#CCOc1ccc(N2C[C@H](CC(C)(C(=O)O)S(C)(=O)=O)OC2=O)cc1. The largest absolute Gasteiger partial charge is 0.481 e. The molecule has 2 rings (SSSR count). The molecule has 0 saturated carbocycles. The zero-order valence-electron chi connectivity index (χ0n) is 15.3. The van der Waals surface area contributed by atoms with Crippen LogP contribution in [-0.4, -0.2) is 55.8 Å². The maximum absolute atomic E-state index is 12.1. The van der Waals surface area contributed by atoms with Crippen LogP contribution < -0.4 is 9.64 Å². The number of nitrogens with zero attached hydrogens (tertiary/aromatic N) is 1. The second-order valence-corrected chi connectivity index (χ2v) is 8.78. The van der Waals surface area contributed by atoms with Gasteiger partial charge in [0.05, 0.1) is 6.54 Å². The Bertz CT molecular complexity index is 883. The third-order valence-electron chi connectivity index (χ3n) is 4.40. The summed E-state index contributed by atoms with van der Waals surface area (Å²) in [4.78, 5) is 24.9. The van der Waals surface area contributed by atoms with Crippen LogP contribution in [-0.2, 0) is 19.4 Å². The van der Waals surface area contributed by atoms with Gasteiger partial charge in [-0.25, -0.2) is 13.2 Å². The molecule has 1 saturated heterocycles. The van der Waals surface area contributed by atoms with Crippen LogP contribution in [0.4, 0.5) is 10.5 Å². The molecular weight excluding hydrogens is 374 g/mol. The van der Waals surface area contributed by atoms with Crippen LogP contribution in [0.15, 0.2) is 24.3 Å². The number of rotatable bonds is 7. The number of aliphatic carboxylic acids is 1. The smallest absolute Gasteiger partial charge is 0.414 e. The van der Waals surface area contributed by atoms with E-state index in [0.717, 1.165) is 13.2 Å². The predicted molar refractivity (Wildman–Crippen MR) is 98.5 cm³/mol. The normalized spacial score (nSPS) is 18.9. The van der Waals surface area contributed by atoms with E-state index in [2.05, 4.69) is 11.8 Å². The van der Waals surface area contributed by atoms with Crippen LogP contribution >= 0.6 is 0 Å². The molecule has 0 aromatic heterocycles. The van der Waals surface area contributed by atoms with E-state index in [0.29, 0.717) is 11.4 Å². The van der Waals surface area contributed by atoms with E-state index < -0.39 is 32.8 Å². The van der Waals surface area contributed by atoms with Crippen LogP contribution in [0.5, 0.6) is 5.75 Å². The van der Waals surface area contributed by atoms with E-state index in [1.54, 1.807) is 31.2 Å². The molecule has 1 fully saturated rings. The molecule has 1 unspecified atom stereocenters. The number of carbonyl (C=O) groups is 2. The molecule has 2 atom stereocenters. The first-order valence-electron chi connectivity index (χ1n) is 8.12. The number of hydrogen-bond donors (Lipinski definition) is 1. The van der Waals surface area contributed by atoms with Crippen molar-refractivity contribution in [1.82, 2.24) is 0 Å². The zero-order chi connectivity index (χ0) is 20.2. The summed E-state index contributed by atoms with van der Waals surface area (Å²) in [7, 11) is -3.90. The number of carboxylic acid groups (broad SMARTS) is 1. The number of sulfone groups is 1. The van der Waals surface area contributed by atoms with Gasteiger partial charge in [-0.2, -0.15) is 0 Å². The first kappa shape index (κ1) is 20.6. The number of cyclic esters (lactones) is 1. The van der Waals surface area contributed by atoms with Crippen LogP contribution in [0, 0.1) is 11.8 Å². The van der Waals surface area contributed by atoms with E-state index in [1.807, 2.05) is 0 Å². The third-order valence-corrected chi connectivity index (χ3v) is 6.38. The maximum atomic E-state index is 12.1. The number of ether oxygens (including phenoxy) is 2. The van der Waals surface area contributed by atoms with Crippen molar-refractivity contribution in [1.29, 1.82) is 0 Å². The van der Waals surface area contributed by atoms with Crippen molar-refractivity contribution in [3.63, 3.8) is 0 Å². The van der Waals surface area contributed by atoms with Gasteiger partial charge in [0.2, 0.25) is 0 Å². The van der Waals surface area contributed by atoms with Crippen LogP contribution in [0.25, 0.3) is 0 Å². The summed E-state index contributed by atoms with van der Waals surface area (Å²) in [5.41, 5.74) is 0.535. The highest BCUT2D eigenvalue weighted by Crippen LogP contribution is 2.30. The topological polar surface area (TPSA) is 110 Å². The predicted octanol–water partition coefficient (Wildman–Crippen LogP) is 1.69. The van der Waals surface area contributed by atoms with Crippen LogP contribution in [0.1, 0.15) is 20.3 Å². The molecule has 0 bridgehead atoms. The Morgan fingerprint density at radius 1 is 1.41 bits per heavy atom. The van der Waals surface area contributed by atoms with E-state index in [9.17, 15) is 23.1 Å². The van der Waals surface area contributed by atoms with Crippen LogP contribution in [0.3, 0.4) is 0 Å². The van der Waals surface area contributed by atoms with Crippen molar-refractivity contribution in [2.45, 2.75) is 31.1 Å². The summed E-state index contributed by atoms with van der Waals surface area (Å²) >= 11 is 0. The van der Waals surface area contributed by atoms with E-state index in [1.165, 1.54) is 4.90 Å². The fraction of sp³-hybridized carbons (Fsp3) is 0.444. The second kappa shape index (κ2) is 7.88. The summed E-state index contributed by atoms with van der Waals surface area (Å²) in [6.45, 7) is 3.13. The van der Waals surface area contributed by atoms with Gasteiger partial charge in [-0.3, -0.25) is 9.69 Å². The van der Waals surface area contributed by atoms with E-state index in [4.69, 9.17) is 9.47 Å². The average molecular weight is 395 g/mol. The molecule has 1 aromatic rings. The minimum atomic E-state index is -3.90. The fourth-order valence-corrected chi connectivity index (χ4v) is 3.39. The minimum Gasteiger partial charge on any atom is -0.481 e. The third kappa shape index (κ3) is 4.52. The van der Waals surface area contributed by atoms with Gasteiger partial charge in [-0.05, 0) is 38.1 Å². The quantitative estimate of drug-likeness (QED) is 0.700. The van der Waals surface area contributed by atoms with Gasteiger partial charge in [-0.1, -0.05) is 5.92 Å². The Hall–Kier alpha value is -2.73. The van der Waals surface area contributed by atoms with Gasteiger partial charge in [0.15, 0.2) is 14.6 Å². The molecule has 0 spiro atoms. The van der Waals surface area contributed by atoms with E-state index in [-0.39, 0.29) is 19.6 Å². The van der Waals surface area contributed by atoms with Gasteiger partial charge >= 0.3 is 12.1 Å². The highest BCUT2D eigenvalue weighted by Gasteiger charge is 2.48. The van der Waals surface area contributed by atoms with E-state index >= 15 is 0 Å². The number of hydrogen-bond acceptors (Lipinski definition) is 6. The Kier molecular flexibility index (Phi) is 6.01. The Morgan fingerprint density at radius 3 is 2.56 bits per heavy atom. The molecule has 1 aliphatic heterocycles. The van der Waals surface area contributed by atoms with Gasteiger partial charge in [-0.15, -0.1) is 5.92 Å². The van der Waals surface area contributed by atoms with Crippen molar-refractivity contribution < 1.29 is 32.6 Å². The van der Waals surface area contributed by atoms with Gasteiger partial charge in [0.25, 0.3) is 0 Å². The molecule has 27 heavy (non-hydrogen) atoms. The van der Waals surface area contributed by atoms with Crippen molar-refractivity contribution in [2.75, 3.05) is 24.3 Å². The van der Waals surface area contributed by atoms with Gasteiger partial charge in [0.1, 0.15) is 18.5 Å². The Balaban J connectivity index is 2.10. The van der Waals surface area contributed by atoms with Crippen molar-refractivity contribution in [3.8, 4) is 17.6 Å². The Labute approximate surface area is 158 Å². The summed E-state index contributed by atoms with van der Waals surface area (Å²) in [5.74, 6) is 4.59. The second-order valence-electron chi connectivity index (χ2n) is 6.34. The monoisotopic (exact) mass is 395 g/mol. The van der Waals surface area contributed by atoms with Gasteiger partial charge < -0.3 is 14.6 Å². The lowest BCUT2D eigenvalue weighted by Gasteiger charge is -2.24. The molecule has 1 aliphatic rings.